The molecule has 2 aliphatic rings. The Morgan fingerprint density at radius 1 is 1.21 bits per heavy atom. The van der Waals surface area contributed by atoms with Crippen LogP contribution in [-0.2, 0) is 17.6 Å². The van der Waals surface area contributed by atoms with Crippen molar-refractivity contribution in [2.24, 2.45) is 11.8 Å². The van der Waals surface area contributed by atoms with Gasteiger partial charge in [-0.2, -0.15) is 0 Å². The lowest BCUT2D eigenvalue weighted by Gasteiger charge is -2.28. The van der Waals surface area contributed by atoms with Crippen molar-refractivity contribution in [1.29, 1.82) is 0 Å². The smallest absolute Gasteiger partial charge is 0.224 e. The standard InChI is InChI=1S/C16H22N2O/c1-11-6-14(10-17-9-11)16(19)18-15-7-12-4-2-3-5-13(12)8-15/h2-5,11,14-15,17H,6-10H2,1H3,(H,18,19). The second kappa shape index (κ2) is 5.33. The molecule has 3 nitrogen and oxygen atoms in total. The van der Waals surface area contributed by atoms with E-state index in [2.05, 4.69) is 41.8 Å². The Morgan fingerprint density at radius 3 is 2.53 bits per heavy atom. The van der Waals surface area contributed by atoms with Gasteiger partial charge < -0.3 is 10.6 Å². The summed E-state index contributed by atoms with van der Waals surface area (Å²) in [5.41, 5.74) is 2.78. The molecule has 1 saturated heterocycles. The Kier molecular flexibility index (Phi) is 3.56. The largest absolute Gasteiger partial charge is 0.352 e. The minimum absolute atomic E-state index is 0.146. The molecular formula is C16H22N2O. The van der Waals surface area contributed by atoms with Crippen molar-refractivity contribution in [3.05, 3.63) is 35.4 Å². The summed E-state index contributed by atoms with van der Waals surface area (Å²) in [4.78, 5) is 12.3. The average Bonchev–Trinajstić information content (AvgIpc) is 2.80. The molecule has 102 valence electrons. The van der Waals surface area contributed by atoms with E-state index in [4.69, 9.17) is 0 Å². The van der Waals surface area contributed by atoms with Gasteiger partial charge in [-0.25, -0.2) is 0 Å². The molecule has 1 fully saturated rings. The first-order valence-electron chi connectivity index (χ1n) is 7.30. The normalized spacial score (nSPS) is 27.0. The zero-order chi connectivity index (χ0) is 13.2. The molecular weight excluding hydrogens is 236 g/mol. The van der Waals surface area contributed by atoms with Crippen molar-refractivity contribution >= 4 is 5.91 Å². The summed E-state index contributed by atoms with van der Waals surface area (Å²) in [6, 6.07) is 8.80. The molecule has 2 N–H and O–H groups in total. The second-order valence-corrected chi connectivity index (χ2v) is 6.08. The number of rotatable bonds is 2. The van der Waals surface area contributed by atoms with Gasteiger partial charge in [0.05, 0.1) is 5.92 Å². The lowest BCUT2D eigenvalue weighted by atomic mass is 9.91. The lowest BCUT2D eigenvalue weighted by molar-refractivity contribution is -0.126. The average molecular weight is 258 g/mol. The lowest BCUT2D eigenvalue weighted by Crippen LogP contribution is -2.46. The summed E-state index contributed by atoms with van der Waals surface area (Å²) in [6.45, 7) is 4.08. The number of benzene rings is 1. The molecule has 0 saturated carbocycles. The van der Waals surface area contributed by atoms with Gasteiger partial charge in [0.15, 0.2) is 0 Å². The summed E-state index contributed by atoms with van der Waals surface area (Å²) in [5.74, 6) is 0.981. The highest BCUT2D eigenvalue weighted by Gasteiger charge is 2.28. The number of piperidine rings is 1. The summed E-state index contributed by atoms with van der Waals surface area (Å²) in [6.07, 6.45) is 2.98. The van der Waals surface area contributed by atoms with Crippen molar-refractivity contribution in [2.75, 3.05) is 13.1 Å². The molecule has 1 aliphatic carbocycles. The Balaban J connectivity index is 1.57. The van der Waals surface area contributed by atoms with Crippen molar-refractivity contribution in [2.45, 2.75) is 32.2 Å². The van der Waals surface area contributed by atoms with Gasteiger partial charge in [0.1, 0.15) is 0 Å². The van der Waals surface area contributed by atoms with Crippen molar-refractivity contribution in [3.63, 3.8) is 0 Å². The topological polar surface area (TPSA) is 41.1 Å². The van der Waals surface area contributed by atoms with E-state index in [1.807, 2.05) is 0 Å². The molecule has 0 aromatic heterocycles. The zero-order valence-corrected chi connectivity index (χ0v) is 11.5. The monoisotopic (exact) mass is 258 g/mol. The SMILES string of the molecule is CC1CNCC(C(=O)NC2Cc3ccccc3C2)C1. The third-order valence-electron chi connectivity index (χ3n) is 4.34. The van der Waals surface area contributed by atoms with Crippen molar-refractivity contribution in [3.8, 4) is 0 Å². The first-order valence-corrected chi connectivity index (χ1v) is 7.30. The third kappa shape index (κ3) is 2.81. The highest BCUT2D eigenvalue weighted by molar-refractivity contribution is 5.79. The third-order valence-corrected chi connectivity index (χ3v) is 4.34. The Hall–Kier alpha value is -1.35. The zero-order valence-electron chi connectivity index (χ0n) is 11.5. The molecule has 0 spiro atoms. The summed E-state index contributed by atoms with van der Waals surface area (Å²) in [7, 11) is 0. The molecule has 0 radical (unpaired) electrons. The molecule has 0 bridgehead atoms. The minimum Gasteiger partial charge on any atom is -0.352 e. The van der Waals surface area contributed by atoms with Gasteiger partial charge in [-0.1, -0.05) is 31.2 Å². The van der Waals surface area contributed by atoms with Crippen LogP contribution in [0.25, 0.3) is 0 Å². The first kappa shape index (κ1) is 12.7. The van der Waals surface area contributed by atoms with E-state index in [1.165, 1.54) is 11.1 Å². The summed E-state index contributed by atoms with van der Waals surface area (Å²) >= 11 is 0. The number of hydrogen-bond donors (Lipinski definition) is 2. The Morgan fingerprint density at radius 2 is 1.89 bits per heavy atom. The second-order valence-electron chi connectivity index (χ2n) is 6.08. The van der Waals surface area contributed by atoms with Crippen molar-refractivity contribution < 1.29 is 4.79 Å². The Bertz CT molecular complexity index is 447. The highest BCUT2D eigenvalue weighted by atomic mass is 16.2. The van der Waals surface area contributed by atoms with E-state index in [1.54, 1.807) is 0 Å². The molecule has 3 heteroatoms. The van der Waals surface area contributed by atoms with Gasteiger partial charge >= 0.3 is 0 Å². The number of carbonyl (C=O) groups excluding carboxylic acids is 1. The van der Waals surface area contributed by atoms with Gasteiger partial charge in [-0.3, -0.25) is 4.79 Å². The molecule has 1 aromatic rings. The fourth-order valence-corrected chi connectivity index (χ4v) is 3.34. The number of carbonyl (C=O) groups is 1. The van der Waals surface area contributed by atoms with Crippen molar-refractivity contribution in [1.82, 2.24) is 10.6 Å². The summed E-state index contributed by atoms with van der Waals surface area (Å²) in [5, 5.41) is 6.58. The number of amides is 1. The number of nitrogens with one attached hydrogen (secondary N) is 2. The first-order chi connectivity index (χ1) is 9.22. The van der Waals surface area contributed by atoms with Gasteiger partial charge in [-0.15, -0.1) is 0 Å². The molecule has 1 aromatic carbocycles. The number of hydrogen-bond acceptors (Lipinski definition) is 2. The van der Waals surface area contributed by atoms with Gasteiger partial charge in [0.2, 0.25) is 5.91 Å². The summed E-state index contributed by atoms with van der Waals surface area (Å²) < 4.78 is 0. The van der Waals surface area contributed by atoms with E-state index in [0.717, 1.165) is 32.4 Å². The molecule has 1 amide bonds. The Labute approximate surface area is 114 Å². The molecule has 1 heterocycles. The van der Waals surface area contributed by atoms with Crippen LogP contribution in [0.2, 0.25) is 0 Å². The molecule has 2 unspecified atom stereocenters. The maximum Gasteiger partial charge on any atom is 0.224 e. The molecule has 2 atom stereocenters. The fraction of sp³-hybridized carbons (Fsp3) is 0.562. The van der Waals surface area contributed by atoms with Gasteiger partial charge in [0.25, 0.3) is 0 Å². The predicted octanol–water partition coefficient (Wildman–Crippen LogP) is 1.52. The van der Waals surface area contributed by atoms with Crippen LogP contribution in [0.3, 0.4) is 0 Å². The van der Waals surface area contributed by atoms with E-state index in [-0.39, 0.29) is 11.8 Å². The van der Waals surface area contributed by atoms with Crippen LogP contribution in [0.15, 0.2) is 24.3 Å². The molecule has 3 rings (SSSR count). The predicted molar refractivity (Wildman–Crippen MR) is 75.9 cm³/mol. The van der Waals surface area contributed by atoms with Gasteiger partial charge in [0, 0.05) is 12.6 Å². The number of fused-ring (bicyclic) bond motifs is 1. The minimum atomic E-state index is 0.146. The molecule has 19 heavy (non-hydrogen) atoms. The quantitative estimate of drug-likeness (QED) is 0.844. The maximum absolute atomic E-state index is 12.3. The fourth-order valence-electron chi connectivity index (χ4n) is 3.34. The van der Waals surface area contributed by atoms with Gasteiger partial charge in [-0.05, 0) is 42.9 Å². The van der Waals surface area contributed by atoms with Crippen LogP contribution in [0.1, 0.15) is 24.5 Å². The highest BCUT2D eigenvalue weighted by Crippen LogP contribution is 2.22. The van der Waals surface area contributed by atoms with Crippen LogP contribution in [0.4, 0.5) is 0 Å². The van der Waals surface area contributed by atoms with E-state index in [0.29, 0.717) is 12.0 Å². The van der Waals surface area contributed by atoms with Crippen LogP contribution >= 0.6 is 0 Å². The molecule has 1 aliphatic heterocycles. The van der Waals surface area contributed by atoms with E-state index >= 15 is 0 Å². The van der Waals surface area contributed by atoms with E-state index in [9.17, 15) is 4.79 Å². The maximum atomic E-state index is 12.3. The van der Waals surface area contributed by atoms with Crippen LogP contribution in [0.5, 0.6) is 0 Å². The van der Waals surface area contributed by atoms with Crippen LogP contribution in [-0.4, -0.2) is 25.0 Å². The van der Waals surface area contributed by atoms with Crippen LogP contribution < -0.4 is 10.6 Å². The van der Waals surface area contributed by atoms with Crippen LogP contribution in [0, 0.1) is 11.8 Å². The van der Waals surface area contributed by atoms with E-state index < -0.39 is 0 Å².